The van der Waals surface area contributed by atoms with E-state index in [4.69, 9.17) is 4.74 Å². The van der Waals surface area contributed by atoms with Crippen LogP contribution in [0.1, 0.15) is 46.8 Å². The van der Waals surface area contributed by atoms with Crippen LogP contribution in [0.25, 0.3) is 10.6 Å². The molecule has 182 valence electrons. The second-order valence-corrected chi connectivity index (χ2v) is 9.24. The number of carbonyl (C=O) groups excluding carboxylic acids is 1. The molecule has 0 bridgehead atoms. The number of aromatic nitrogens is 4. The van der Waals surface area contributed by atoms with Gasteiger partial charge >= 0.3 is 6.18 Å². The number of benzene rings is 2. The molecule has 2 aromatic heterocycles. The van der Waals surface area contributed by atoms with Crippen molar-refractivity contribution in [3.63, 3.8) is 0 Å². The molecular formula is C25H23F3N4O2S. The van der Waals surface area contributed by atoms with E-state index in [0.29, 0.717) is 28.6 Å². The number of Topliss-reactive ketones (excluding diaryl/α,β-unsaturated/α-hetero) is 1. The number of hydrogen-bond acceptors (Lipinski definition) is 6. The molecule has 35 heavy (non-hydrogen) atoms. The van der Waals surface area contributed by atoms with Gasteiger partial charge in [-0.1, -0.05) is 24.3 Å². The summed E-state index contributed by atoms with van der Waals surface area (Å²) < 4.78 is 46.0. The number of hydrogen-bond donors (Lipinski definition) is 0. The predicted molar refractivity (Wildman–Crippen MR) is 126 cm³/mol. The number of nitrogens with zero attached hydrogens (tertiary/aromatic N) is 4. The maximum Gasteiger partial charge on any atom is 0.416 e. The zero-order valence-electron chi connectivity index (χ0n) is 19.3. The fourth-order valence-corrected chi connectivity index (χ4v) is 4.68. The van der Waals surface area contributed by atoms with E-state index >= 15 is 0 Å². The van der Waals surface area contributed by atoms with Gasteiger partial charge in [0.2, 0.25) is 0 Å². The Kier molecular flexibility index (Phi) is 7.02. The third-order valence-electron chi connectivity index (χ3n) is 5.55. The van der Waals surface area contributed by atoms with Crippen molar-refractivity contribution in [3.8, 4) is 16.3 Å². The summed E-state index contributed by atoms with van der Waals surface area (Å²) in [5.74, 6) is 1.22. The molecule has 0 radical (unpaired) electrons. The van der Waals surface area contributed by atoms with Crippen molar-refractivity contribution < 1.29 is 22.7 Å². The number of ketones is 1. The molecule has 4 rings (SSSR count). The Hall–Kier alpha value is -3.53. The van der Waals surface area contributed by atoms with Crippen molar-refractivity contribution in [2.75, 3.05) is 0 Å². The molecule has 0 saturated heterocycles. The summed E-state index contributed by atoms with van der Waals surface area (Å²) in [6.45, 7) is 3.68. The summed E-state index contributed by atoms with van der Waals surface area (Å²) in [4.78, 5) is 21.5. The number of ether oxygens (including phenoxy) is 1. The Morgan fingerprint density at radius 1 is 1.11 bits per heavy atom. The van der Waals surface area contributed by atoms with E-state index < -0.39 is 11.7 Å². The summed E-state index contributed by atoms with van der Waals surface area (Å²) in [7, 11) is 1.79. The third-order valence-corrected chi connectivity index (χ3v) is 6.73. The molecule has 0 saturated carbocycles. The van der Waals surface area contributed by atoms with Crippen LogP contribution < -0.4 is 4.74 Å². The van der Waals surface area contributed by atoms with Crippen molar-refractivity contribution in [2.45, 2.75) is 39.0 Å². The van der Waals surface area contributed by atoms with E-state index in [1.54, 1.807) is 18.7 Å². The molecule has 0 spiro atoms. The van der Waals surface area contributed by atoms with Crippen LogP contribution in [0.4, 0.5) is 13.2 Å². The van der Waals surface area contributed by atoms with Gasteiger partial charge in [-0.2, -0.15) is 18.3 Å². The minimum Gasteiger partial charge on any atom is -0.488 e. The number of halogens is 3. The van der Waals surface area contributed by atoms with Gasteiger partial charge in [-0.15, -0.1) is 11.3 Å². The molecule has 2 heterocycles. The summed E-state index contributed by atoms with van der Waals surface area (Å²) in [6.07, 6.45) is -2.58. The van der Waals surface area contributed by atoms with E-state index in [1.165, 1.54) is 29.8 Å². The number of alkyl halides is 3. The molecule has 0 aliphatic heterocycles. The van der Waals surface area contributed by atoms with Crippen molar-refractivity contribution in [3.05, 3.63) is 82.4 Å². The second-order valence-electron chi connectivity index (χ2n) is 8.16. The Labute approximate surface area is 204 Å². The first-order valence-corrected chi connectivity index (χ1v) is 11.6. The van der Waals surface area contributed by atoms with E-state index in [-0.39, 0.29) is 18.3 Å². The molecular weight excluding hydrogens is 477 g/mol. The lowest BCUT2D eigenvalue weighted by Gasteiger charge is -2.16. The molecule has 0 N–H and O–H groups in total. The monoisotopic (exact) mass is 500 g/mol. The Bertz CT molecular complexity index is 1310. The summed E-state index contributed by atoms with van der Waals surface area (Å²) in [5.41, 5.74) is 1.64. The first-order valence-electron chi connectivity index (χ1n) is 10.8. The van der Waals surface area contributed by atoms with Gasteiger partial charge in [-0.05, 0) is 43.7 Å². The van der Waals surface area contributed by atoms with Crippen LogP contribution in [0.3, 0.4) is 0 Å². The Balaban J connectivity index is 1.45. The van der Waals surface area contributed by atoms with Gasteiger partial charge in [0.25, 0.3) is 0 Å². The highest BCUT2D eigenvalue weighted by Gasteiger charge is 2.30. The fraction of sp³-hybridized carbons (Fsp3) is 0.280. The molecule has 0 aliphatic carbocycles. The minimum absolute atomic E-state index is 0.0582. The molecule has 2 aromatic carbocycles. The summed E-state index contributed by atoms with van der Waals surface area (Å²) >= 11 is 1.39. The smallest absolute Gasteiger partial charge is 0.416 e. The van der Waals surface area contributed by atoms with E-state index in [1.807, 2.05) is 31.2 Å². The molecule has 1 atom stereocenters. The van der Waals surface area contributed by atoms with Crippen LogP contribution in [0, 0.1) is 6.92 Å². The number of thiazole rings is 1. The van der Waals surface area contributed by atoms with E-state index in [2.05, 4.69) is 15.1 Å². The first kappa shape index (κ1) is 24.6. The first-order chi connectivity index (χ1) is 16.6. The van der Waals surface area contributed by atoms with Gasteiger partial charge in [0.15, 0.2) is 0 Å². The zero-order chi connectivity index (χ0) is 25.2. The topological polar surface area (TPSA) is 69.9 Å². The SMILES string of the molecule is CC(=O)C[C@@H](c1ccc(OCc2sc(-c3ccc(C(F)(F)F)cc3)nc2C)cc1)c1ncnn1C. The van der Waals surface area contributed by atoms with Gasteiger partial charge in [0, 0.05) is 19.0 Å². The van der Waals surface area contributed by atoms with Crippen molar-refractivity contribution in [1.82, 2.24) is 19.7 Å². The second kappa shape index (κ2) is 9.99. The van der Waals surface area contributed by atoms with E-state index in [9.17, 15) is 18.0 Å². The van der Waals surface area contributed by atoms with Crippen LogP contribution in [0.2, 0.25) is 0 Å². The van der Waals surface area contributed by atoms with Crippen LogP contribution in [-0.4, -0.2) is 25.5 Å². The third kappa shape index (κ3) is 5.76. The number of rotatable bonds is 8. The molecule has 6 nitrogen and oxygen atoms in total. The molecule has 0 amide bonds. The molecule has 0 aliphatic rings. The van der Waals surface area contributed by atoms with Crippen molar-refractivity contribution in [2.24, 2.45) is 7.05 Å². The maximum atomic E-state index is 12.8. The van der Waals surface area contributed by atoms with Gasteiger partial charge in [-0.3, -0.25) is 9.48 Å². The van der Waals surface area contributed by atoms with Gasteiger partial charge in [0.05, 0.1) is 22.1 Å². The number of carbonyl (C=O) groups is 1. The van der Waals surface area contributed by atoms with Crippen LogP contribution in [0.5, 0.6) is 5.75 Å². The number of aryl methyl sites for hydroxylation is 2. The highest BCUT2D eigenvalue weighted by Crippen LogP contribution is 2.34. The minimum atomic E-state index is -4.37. The quantitative estimate of drug-likeness (QED) is 0.299. The lowest BCUT2D eigenvalue weighted by atomic mass is 9.93. The Morgan fingerprint density at radius 2 is 1.80 bits per heavy atom. The van der Waals surface area contributed by atoms with Crippen LogP contribution in [0.15, 0.2) is 54.9 Å². The zero-order valence-corrected chi connectivity index (χ0v) is 20.2. The Morgan fingerprint density at radius 3 is 2.37 bits per heavy atom. The maximum absolute atomic E-state index is 12.8. The lowest BCUT2D eigenvalue weighted by molar-refractivity contribution is -0.137. The van der Waals surface area contributed by atoms with Gasteiger partial charge < -0.3 is 4.74 Å². The molecule has 4 aromatic rings. The van der Waals surface area contributed by atoms with Crippen LogP contribution in [-0.2, 0) is 24.6 Å². The van der Waals surface area contributed by atoms with Gasteiger partial charge in [0.1, 0.15) is 35.3 Å². The highest BCUT2D eigenvalue weighted by atomic mass is 32.1. The largest absolute Gasteiger partial charge is 0.488 e. The molecule has 0 unspecified atom stereocenters. The van der Waals surface area contributed by atoms with Crippen LogP contribution >= 0.6 is 11.3 Å². The van der Waals surface area contributed by atoms with E-state index in [0.717, 1.165) is 28.3 Å². The molecule has 0 fully saturated rings. The standard InChI is InChI=1S/C25H23F3N4O2S/c1-15(33)12-21(23-29-14-30-32(23)3)17-6-10-20(11-7-17)34-13-22-16(2)31-24(35-22)18-4-8-19(9-5-18)25(26,27)28/h4-11,14,21H,12-13H2,1-3H3/t21-/m0/s1. The lowest BCUT2D eigenvalue weighted by Crippen LogP contribution is -2.12. The highest BCUT2D eigenvalue weighted by molar-refractivity contribution is 7.15. The van der Waals surface area contributed by atoms with Crippen molar-refractivity contribution >= 4 is 17.1 Å². The van der Waals surface area contributed by atoms with Crippen molar-refractivity contribution in [1.29, 1.82) is 0 Å². The average Bonchev–Trinajstić information content (AvgIpc) is 3.41. The summed E-state index contributed by atoms with van der Waals surface area (Å²) in [5, 5.41) is 4.75. The van der Waals surface area contributed by atoms with Gasteiger partial charge in [-0.25, -0.2) is 9.97 Å². The summed E-state index contributed by atoms with van der Waals surface area (Å²) in [6, 6.07) is 12.5. The predicted octanol–water partition coefficient (Wildman–Crippen LogP) is 5.96. The average molecular weight is 501 g/mol. The molecule has 10 heteroatoms. The normalized spacial score (nSPS) is 12.5. The fourth-order valence-electron chi connectivity index (χ4n) is 3.70.